The Kier molecular flexibility index (Phi) is 4.72. The summed E-state index contributed by atoms with van der Waals surface area (Å²) in [5, 5.41) is 1.17. The van der Waals surface area contributed by atoms with Crippen molar-refractivity contribution in [3.05, 3.63) is 29.3 Å². The number of thioether (sulfide) groups is 1. The Bertz CT molecular complexity index is 327. The van der Waals surface area contributed by atoms with Gasteiger partial charge < -0.3 is 5.73 Å². The highest BCUT2D eigenvalue weighted by Crippen LogP contribution is 2.37. The number of hydrogen-bond donors (Lipinski definition) is 1. The lowest BCUT2D eigenvalue weighted by atomic mass is 9.88. The average molecular weight is 258 g/mol. The molecule has 0 fully saturated rings. The van der Waals surface area contributed by atoms with Crippen LogP contribution in [0, 0.1) is 5.41 Å². The highest BCUT2D eigenvalue weighted by atomic mass is 35.5. The van der Waals surface area contributed by atoms with Gasteiger partial charge in [0.25, 0.3) is 0 Å². The predicted molar refractivity (Wildman–Crippen MR) is 74.2 cm³/mol. The maximum atomic E-state index is 6.05. The van der Waals surface area contributed by atoms with Crippen LogP contribution in [0.15, 0.2) is 29.2 Å². The number of benzene rings is 1. The second kappa shape index (κ2) is 5.44. The van der Waals surface area contributed by atoms with Crippen LogP contribution in [0.5, 0.6) is 0 Å². The minimum absolute atomic E-state index is 0.167. The third-order valence-corrected chi connectivity index (χ3v) is 4.59. The first-order valence-electron chi connectivity index (χ1n) is 5.48. The summed E-state index contributed by atoms with van der Waals surface area (Å²) >= 11 is 7.70. The molecule has 3 heteroatoms. The maximum Gasteiger partial charge on any atom is 0.0406 e. The van der Waals surface area contributed by atoms with Gasteiger partial charge in [-0.3, -0.25) is 0 Å². The molecule has 0 aromatic heterocycles. The molecule has 1 rings (SSSR count). The largest absolute Gasteiger partial charge is 0.327 e. The van der Waals surface area contributed by atoms with Crippen LogP contribution in [0.4, 0.5) is 0 Å². The lowest BCUT2D eigenvalue weighted by Crippen LogP contribution is -2.38. The topological polar surface area (TPSA) is 26.0 Å². The first-order valence-corrected chi connectivity index (χ1v) is 6.74. The van der Waals surface area contributed by atoms with Crippen LogP contribution >= 0.6 is 23.4 Å². The van der Waals surface area contributed by atoms with Crippen LogP contribution in [0.3, 0.4) is 0 Å². The summed E-state index contributed by atoms with van der Waals surface area (Å²) in [7, 11) is 0. The highest BCUT2D eigenvalue weighted by molar-refractivity contribution is 8.00. The molecular formula is C13H20ClNS. The Morgan fingerprint density at radius 1 is 1.19 bits per heavy atom. The van der Waals surface area contributed by atoms with E-state index in [4.69, 9.17) is 17.3 Å². The van der Waals surface area contributed by atoms with Gasteiger partial charge in [0.1, 0.15) is 0 Å². The molecule has 0 radical (unpaired) electrons. The third-order valence-electron chi connectivity index (χ3n) is 2.41. The molecular weight excluding hydrogens is 238 g/mol. The van der Waals surface area contributed by atoms with Crippen LogP contribution < -0.4 is 5.73 Å². The van der Waals surface area contributed by atoms with Crippen LogP contribution in [-0.2, 0) is 0 Å². The molecule has 2 N–H and O–H groups in total. The molecule has 1 nitrogen and oxygen atoms in total. The van der Waals surface area contributed by atoms with Crippen molar-refractivity contribution in [3.63, 3.8) is 0 Å². The average Bonchev–Trinajstić information content (AvgIpc) is 2.14. The molecule has 0 aliphatic heterocycles. The number of nitrogens with two attached hydrogens (primary N) is 1. The molecule has 0 amide bonds. The van der Waals surface area contributed by atoms with E-state index in [0.717, 1.165) is 5.02 Å². The summed E-state index contributed by atoms with van der Waals surface area (Å²) in [6, 6.07) is 8.11. The molecule has 1 aromatic rings. The first-order chi connectivity index (χ1) is 7.30. The molecule has 0 aliphatic carbocycles. The Morgan fingerprint density at radius 2 is 1.69 bits per heavy atom. The summed E-state index contributed by atoms with van der Waals surface area (Å²) in [6.07, 6.45) is 0. The van der Waals surface area contributed by atoms with Gasteiger partial charge in [0.05, 0.1) is 0 Å². The van der Waals surface area contributed by atoms with Crippen molar-refractivity contribution < 1.29 is 0 Å². The Labute approximate surface area is 108 Å². The van der Waals surface area contributed by atoms with Crippen LogP contribution in [-0.4, -0.2) is 11.3 Å². The summed E-state index contributed by atoms with van der Waals surface area (Å²) in [5.41, 5.74) is 6.25. The van der Waals surface area contributed by atoms with Crippen molar-refractivity contribution in [3.8, 4) is 0 Å². The molecule has 0 spiro atoms. The van der Waals surface area contributed by atoms with Crippen molar-refractivity contribution in [1.82, 2.24) is 0 Å². The Hall–Kier alpha value is -0.180. The smallest absolute Gasteiger partial charge is 0.0406 e. The van der Waals surface area contributed by atoms with Gasteiger partial charge >= 0.3 is 0 Å². The molecule has 0 saturated carbocycles. The van der Waals surface area contributed by atoms with E-state index >= 15 is 0 Å². The zero-order valence-electron chi connectivity index (χ0n) is 10.3. The van der Waals surface area contributed by atoms with Gasteiger partial charge in [0, 0.05) is 21.2 Å². The predicted octanol–water partition coefficient (Wildman–Crippen LogP) is 4.19. The quantitative estimate of drug-likeness (QED) is 0.822. The van der Waals surface area contributed by atoms with Gasteiger partial charge in [-0.25, -0.2) is 0 Å². The minimum Gasteiger partial charge on any atom is -0.327 e. The van der Waals surface area contributed by atoms with Crippen molar-refractivity contribution in [2.45, 2.75) is 43.9 Å². The summed E-state index contributed by atoms with van der Waals surface area (Å²) in [5.74, 6) is 0. The van der Waals surface area contributed by atoms with E-state index in [-0.39, 0.29) is 11.5 Å². The normalized spacial score (nSPS) is 15.9. The molecule has 0 aliphatic rings. The summed E-state index contributed by atoms with van der Waals surface area (Å²) in [6.45, 7) is 8.75. The first kappa shape index (κ1) is 13.9. The summed E-state index contributed by atoms with van der Waals surface area (Å²) in [4.78, 5) is 1.22. The zero-order chi connectivity index (χ0) is 12.3. The SMILES string of the molecule is CC(N)C(Sc1ccc(Cl)cc1)C(C)(C)C. The lowest BCUT2D eigenvalue weighted by molar-refractivity contribution is 0.363. The number of hydrogen-bond acceptors (Lipinski definition) is 2. The molecule has 2 atom stereocenters. The van der Waals surface area contributed by atoms with E-state index in [9.17, 15) is 0 Å². The second-order valence-corrected chi connectivity index (χ2v) is 6.87. The molecule has 0 heterocycles. The van der Waals surface area contributed by atoms with Crippen LogP contribution in [0.2, 0.25) is 5.02 Å². The fourth-order valence-corrected chi connectivity index (χ4v) is 3.01. The van der Waals surface area contributed by atoms with E-state index in [2.05, 4.69) is 27.7 Å². The fraction of sp³-hybridized carbons (Fsp3) is 0.538. The van der Waals surface area contributed by atoms with Gasteiger partial charge in [-0.05, 0) is 36.6 Å². The Morgan fingerprint density at radius 3 is 2.06 bits per heavy atom. The van der Waals surface area contributed by atoms with E-state index in [1.54, 1.807) is 0 Å². The van der Waals surface area contributed by atoms with Crippen molar-refractivity contribution >= 4 is 23.4 Å². The van der Waals surface area contributed by atoms with Gasteiger partial charge in [-0.1, -0.05) is 32.4 Å². The van der Waals surface area contributed by atoms with E-state index in [0.29, 0.717) is 5.25 Å². The van der Waals surface area contributed by atoms with Crippen molar-refractivity contribution in [2.75, 3.05) is 0 Å². The summed E-state index contributed by atoms with van der Waals surface area (Å²) < 4.78 is 0. The van der Waals surface area contributed by atoms with Crippen molar-refractivity contribution in [2.24, 2.45) is 11.1 Å². The number of halogens is 1. The van der Waals surface area contributed by atoms with Gasteiger partial charge in [-0.15, -0.1) is 11.8 Å². The molecule has 0 saturated heterocycles. The monoisotopic (exact) mass is 257 g/mol. The van der Waals surface area contributed by atoms with E-state index in [1.165, 1.54) is 4.90 Å². The van der Waals surface area contributed by atoms with E-state index < -0.39 is 0 Å². The van der Waals surface area contributed by atoms with Crippen molar-refractivity contribution in [1.29, 1.82) is 0 Å². The van der Waals surface area contributed by atoms with Gasteiger partial charge in [0.15, 0.2) is 0 Å². The zero-order valence-corrected chi connectivity index (χ0v) is 11.9. The standard InChI is InChI=1S/C13H20ClNS/c1-9(15)12(13(2,3)4)16-11-7-5-10(14)6-8-11/h5-9,12H,15H2,1-4H3. The molecule has 16 heavy (non-hydrogen) atoms. The second-order valence-electron chi connectivity index (χ2n) is 5.22. The van der Waals surface area contributed by atoms with Crippen LogP contribution in [0.25, 0.3) is 0 Å². The molecule has 90 valence electrons. The molecule has 0 bridgehead atoms. The lowest BCUT2D eigenvalue weighted by Gasteiger charge is -2.33. The number of rotatable bonds is 3. The van der Waals surface area contributed by atoms with Crippen LogP contribution in [0.1, 0.15) is 27.7 Å². The molecule has 1 aromatic carbocycles. The third kappa shape index (κ3) is 4.00. The molecule has 2 unspecified atom stereocenters. The fourth-order valence-electron chi connectivity index (χ4n) is 1.73. The Balaban J connectivity index is 2.80. The van der Waals surface area contributed by atoms with Gasteiger partial charge in [0.2, 0.25) is 0 Å². The van der Waals surface area contributed by atoms with E-state index in [1.807, 2.05) is 36.0 Å². The minimum atomic E-state index is 0.167. The van der Waals surface area contributed by atoms with Gasteiger partial charge in [-0.2, -0.15) is 0 Å². The maximum absolute atomic E-state index is 6.05. The highest BCUT2D eigenvalue weighted by Gasteiger charge is 2.28.